The average molecular weight is 490 g/mol. The van der Waals surface area contributed by atoms with Crippen molar-refractivity contribution in [3.05, 3.63) is 65.2 Å². The van der Waals surface area contributed by atoms with Gasteiger partial charge in [0.25, 0.3) is 0 Å². The molecule has 2 nitrogen and oxygen atoms in total. The van der Waals surface area contributed by atoms with Gasteiger partial charge in [0.2, 0.25) is 0 Å². The Balaban J connectivity index is 0.00000225. The second-order valence-corrected chi connectivity index (χ2v) is 9.25. The van der Waals surface area contributed by atoms with Crippen LogP contribution in [0, 0.1) is 6.92 Å². The Morgan fingerprint density at radius 1 is 0.929 bits per heavy atom. The molecule has 0 saturated carbocycles. The molecule has 3 heteroatoms. The highest BCUT2D eigenvalue weighted by Crippen LogP contribution is 2.32. The third-order valence-electron chi connectivity index (χ3n) is 7.11. The molecule has 1 fully saturated rings. The molecule has 1 atom stereocenters. The van der Waals surface area contributed by atoms with E-state index in [4.69, 9.17) is 0 Å². The SMILES string of the molecule is Cc1ccccc1N(CC[C@H]1CCCC[N+]1(C)C)C1Cc2ccccc2C1.[I-]. The lowest BCUT2D eigenvalue weighted by atomic mass is 9.96. The number of fused-ring (bicyclic) bond motifs is 1. The van der Waals surface area contributed by atoms with Gasteiger partial charge >= 0.3 is 0 Å². The van der Waals surface area contributed by atoms with E-state index >= 15 is 0 Å². The zero-order chi connectivity index (χ0) is 18.9. The molecule has 2 aromatic carbocycles. The van der Waals surface area contributed by atoms with Crippen molar-refractivity contribution in [3.8, 4) is 0 Å². The van der Waals surface area contributed by atoms with Crippen LogP contribution in [0.1, 0.15) is 42.4 Å². The number of likely N-dealkylation sites (tertiary alicyclic amines) is 1. The van der Waals surface area contributed by atoms with Gasteiger partial charge in [-0.25, -0.2) is 0 Å². The molecule has 4 rings (SSSR count). The summed E-state index contributed by atoms with van der Waals surface area (Å²) < 4.78 is 1.20. The molecule has 152 valence electrons. The second kappa shape index (κ2) is 9.17. The Kier molecular flexibility index (Phi) is 7.08. The first-order chi connectivity index (χ1) is 13.0. The molecule has 1 saturated heterocycles. The van der Waals surface area contributed by atoms with Crippen molar-refractivity contribution in [2.24, 2.45) is 0 Å². The first-order valence-corrected chi connectivity index (χ1v) is 10.8. The molecule has 0 unspecified atom stereocenters. The fourth-order valence-electron chi connectivity index (χ4n) is 5.35. The van der Waals surface area contributed by atoms with Crippen molar-refractivity contribution in [1.29, 1.82) is 0 Å². The van der Waals surface area contributed by atoms with E-state index in [1.165, 1.54) is 67.3 Å². The number of rotatable bonds is 5. The maximum absolute atomic E-state index is 2.74. The van der Waals surface area contributed by atoms with Gasteiger partial charge in [0.15, 0.2) is 0 Å². The van der Waals surface area contributed by atoms with Gasteiger partial charge in [-0.2, -0.15) is 0 Å². The fourth-order valence-corrected chi connectivity index (χ4v) is 5.35. The molecule has 0 spiro atoms. The number of hydrogen-bond donors (Lipinski definition) is 0. The number of quaternary nitrogens is 1. The number of aryl methyl sites for hydroxylation is 1. The lowest BCUT2D eigenvalue weighted by Gasteiger charge is -2.43. The van der Waals surface area contributed by atoms with Gasteiger partial charge in [0.1, 0.15) is 0 Å². The monoisotopic (exact) mass is 490 g/mol. The Labute approximate surface area is 188 Å². The van der Waals surface area contributed by atoms with Crippen LogP contribution in [-0.2, 0) is 12.8 Å². The van der Waals surface area contributed by atoms with Crippen molar-refractivity contribution >= 4 is 5.69 Å². The van der Waals surface area contributed by atoms with Crippen molar-refractivity contribution in [3.63, 3.8) is 0 Å². The quantitative estimate of drug-likeness (QED) is 0.458. The number of halogens is 1. The molecule has 0 N–H and O–H groups in total. The van der Waals surface area contributed by atoms with E-state index < -0.39 is 0 Å². The van der Waals surface area contributed by atoms with Crippen molar-refractivity contribution in [2.45, 2.75) is 57.5 Å². The van der Waals surface area contributed by atoms with Crippen LogP contribution < -0.4 is 28.9 Å². The first kappa shape index (κ1) is 21.6. The minimum Gasteiger partial charge on any atom is -1.00 e. The first-order valence-electron chi connectivity index (χ1n) is 10.8. The molecule has 1 heterocycles. The highest BCUT2D eigenvalue weighted by Gasteiger charge is 2.33. The van der Waals surface area contributed by atoms with E-state index in [1.54, 1.807) is 11.1 Å². The molecule has 28 heavy (non-hydrogen) atoms. The number of nitrogens with zero attached hydrogens (tertiary/aromatic N) is 2. The zero-order valence-corrected chi connectivity index (χ0v) is 19.9. The number of hydrogen-bond acceptors (Lipinski definition) is 1. The van der Waals surface area contributed by atoms with Gasteiger partial charge in [-0.1, -0.05) is 42.5 Å². The summed E-state index contributed by atoms with van der Waals surface area (Å²) in [5.41, 5.74) is 5.95. The topological polar surface area (TPSA) is 3.24 Å². The molecule has 2 aromatic rings. The molecule has 0 bridgehead atoms. The molecule has 1 aliphatic carbocycles. The summed E-state index contributed by atoms with van der Waals surface area (Å²) in [6.45, 7) is 4.78. The van der Waals surface area contributed by atoms with Gasteiger partial charge in [-0.3, -0.25) is 0 Å². The zero-order valence-electron chi connectivity index (χ0n) is 17.7. The van der Waals surface area contributed by atoms with Crippen LogP contribution in [0.4, 0.5) is 5.69 Å². The summed E-state index contributed by atoms with van der Waals surface area (Å²) in [6, 6.07) is 19.4. The predicted octanol–water partition coefficient (Wildman–Crippen LogP) is 1.99. The van der Waals surface area contributed by atoms with Crippen molar-refractivity contribution in [2.75, 3.05) is 32.1 Å². The van der Waals surface area contributed by atoms with Gasteiger partial charge in [0.05, 0.1) is 26.7 Å². The predicted molar refractivity (Wildman–Crippen MR) is 115 cm³/mol. The molecule has 0 amide bonds. The third-order valence-corrected chi connectivity index (χ3v) is 7.11. The highest BCUT2D eigenvalue weighted by molar-refractivity contribution is 5.55. The lowest BCUT2D eigenvalue weighted by molar-refractivity contribution is -0.920. The van der Waals surface area contributed by atoms with Gasteiger partial charge in [-0.15, -0.1) is 0 Å². The molecular formula is C25H35IN2. The highest BCUT2D eigenvalue weighted by atomic mass is 127. The largest absolute Gasteiger partial charge is 1.00 e. The summed E-state index contributed by atoms with van der Waals surface area (Å²) in [4.78, 5) is 2.74. The Morgan fingerprint density at radius 3 is 2.21 bits per heavy atom. The summed E-state index contributed by atoms with van der Waals surface area (Å²) in [7, 11) is 4.88. The van der Waals surface area contributed by atoms with Crippen LogP contribution in [0.15, 0.2) is 48.5 Å². The van der Waals surface area contributed by atoms with Gasteiger partial charge in [0, 0.05) is 24.7 Å². The Hall–Kier alpha value is -1.07. The van der Waals surface area contributed by atoms with Crippen LogP contribution in [0.25, 0.3) is 0 Å². The normalized spacial score (nSPS) is 21.0. The second-order valence-electron chi connectivity index (χ2n) is 9.25. The summed E-state index contributed by atoms with van der Waals surface area (Å²) in [5.74, 6) is 0. The number of anilines is 1. The van der Waals surface area contributed by atoms with Crippen molar-refractivity contribution < 1.29 is 28.5 Å². The van der Waals surface area contributed by atoms with E-state index in [-0.39, 0.29) is 24.0 Å². The van der Waals surface area contributed by atoms with Crippen molar-refractivity contribution in [1.82, 2.24) is 0 Å². The number of para-hydroxylation sites is 1. The molecule has 0 radical (unpaired) electrons. The van der Waals surface area contributed by atoms with Crippen LogP contribution in [0.3, 0.4) is 0 Å². The summed E-state index contributed by atoms with van der Waals surface area (Å²) >= 11 is 0. The molecule has 2 aliphatic rings. The van der Waals surface area contributed by atoms with E-state index in [0.717, 1.165) is 6.04 Å². The maximum Gasteiger partial charge on any atom is 0.0903 e. The van der Waals surface area contributed by atoms with E-state index in [9.17, 15) is 0 Å². The minimum absolute atomic E-state index is 0. The van der Waals surface area contributed by atoms with Crippen LogP contribution in [-0.4, -0.2) is 43.8 Å². The average Bonchev–Trinajstić information content (AvgIpc) is 3.08. The molecule has 0 aromatic heterocycles. The number of piperidine rings is 1. The maximum atomic E-state index is 2.74. The van der Waals surface area contributed by atoms with Gasteiger partial charge in [-0.05, 0) is 61.8 Å². The lowest BCUT2D eigenvalue weighted by Crippen LogP contribution is -3.00. The van der Waals surface area contributed by atoms with E-state index in [1.807, 2.05) is 0 Å². The van der Waals surface area contributed by atoms with Gasteiger partial charge < -0.3 is 33.4 Å². The van der Waals surface area contributed by atoms with Crippen LogP contribution in [0.5, 0.6) is 0 Å². The van der Waals surface area contributed by atoms with E-state index in [2.05, 4.69) is 74.4 Å². The Morgan fingerprint density at radius 2 is 1.57 bits per heavy atom. The molecular weight excluding hydrogens is 455 g/mol. The molecule has 1 aliphatic heterocycles. The summed E-state index contributed by atoms with van der Waals surface area (Å²) in [6.07, 6.45) is 7.86. The number of benzene rings is 2. The standard InChI is InChI=1S/C25H35N2.HI/c1-20-10-4-7-14-25(20)26(16-15-24-13-8-9-17-27(24,2)3)23-18-21-11-5-6-12-22(21)19-23;/h4-7,10-12,14,23-24H,8-9,13,15-19H2,1-3H3;1H/q+1;/p-1/t24-;/m1./s1. The minimum atomic E-state index is 0. The Bertz CT molecular complexity index is 761. The van der Waals surface area contributed by atoms with Crippen LogP contribution >= 0.6 is 0 Å². The smallest absolute Gasteiger partial charge is 0.0903 e. The van der Waals surface area contributed by atoms with E-state index in [0.29, 0.717) is 6.04 Å². The third kappa shape index (κ3) is 4.56. The fraction of sp³-hybridized carbons (Fsp3) is 0.520. The van der Waals surface area contributed by atoms with Crippen LogP contribution in [0.2, 0.25) is 0 Å². The summed E-state index contributed by atoms with van der Waals surface area (Å²) in [5, 5.41) is 0.